The number of aromatic nitrogens is 1. The minimum Gasteiger partial charge on any atom is -0.491 e. The van der Waals surface area contributed by atoms with Crippen molar-refractivity contribution in [3.63, 3.8) is 0 Å². The predicted octanol–water partition coefficient (Wildman–Crippen LogP) is 4.03. The summed E-state index contributed by atoms with van der Waals surface area (Å²) in [4.78, 5) is 18.4. The minimum atomic E-state index is -0.0554. The number of likely N-dealkylation sites (N-methyl/N-ethyl adjacent to an activating group) is 1. The number of benzene rings is 1. The van der Waals surface area contributed by atoms with Gasteiger partial charge in [-0.05, 0) is 49.3 Å². The maximum Gasteiger partial charge on any atom is 0.224 e. The first-order chi connectivity index (χ1) is 12.6. The number of hydrogen-bond acceptors (Lipinski definition) is 4. The van der Waals surface area contributed by atoms with Crippen molar-refractivity contribution in [1.29, 1.82) is 0 Å². The van der Waals surface area contributed by atoms with E-state index >= 15 is 0 Å². The van der Waals surface area contributed by atoms with Crippen LogP contribution in [0.15, 0.2) is 42.7 Å². The zero-order valence-corrected chi connectivity index (χ0v) is 16.1. The molecule has 0 aliphatic heterocycles. The topological polar surface area (TPSA) is 54.5 Å². The zero-order chi connectivity index (χ0) is 18.8. The fourth-order valence-corrected chi connectivity index (χ4v) is 2.78. The van der Waals surface area contributed by atoms with Crippen LogP contribution in [0.2, 0.25) is 5.02 Å². The Kier molecular flexibility index (Phi) is 8.38. The molecule has 2 rings (SSSR count). The first kappa shape index (κ1) is 20.2. The van der Waals surface area contributed by atoms with Crippen molar-refractivity contribution in [3.8, 4) is 5.75 Å². The number of amides is 1. The Morgan fingerprint density at radius 3 is 2.73 bits per heavy atom. The standard InChI is InChI=1S/C20H26ClN3O2/c1-3-24(4-2)12-13-26-19-9-8-17(14-18(19)21)23-20(25)10-7-16-6-5-11-22-15-16/h5-6,8-9,11,14-15H,3-4,7,10,12-13H2,1-2H3,(H,23,25). The van der Waals surface area contributed by atoms with Gasteiger partial charge in [0, 0.05) is 31.0 Å². The van der Waals surface area contributed by atoms with Crippen LogP contribution in [0.1, 0.15) is 25.8 Å². The second-order valence-electron chi connectivity index (χ2n) is 5.93. The molecule has 0 radical (unpaired) electrons. The summed E-state index contributed by atoms with van der Waals surface area (Å²) in [6, 6.07) is 9.14. The van der Waals surface area contributed by atoms with E-state index in [9.17, 15) is 4.79 Å². The number of ether oxygens (including phenoxy) is 1. The van der Waals surface area contributed by atoms with Crippen LogP contribution in [-0.4, -0.2) is 42.0 Å². The van der Waals surface area contributed by atoms with Crippen molar-refractivity contribution in [3.05, 3.63) is 53.3 Å². The SMILES string of the molecule is CCN(CC)CCOc1ccc(NC(=O)CCc2cccnc2)cc1Cl. The molecular formula is C20H26ClN3O2. The summed E-state index contributed by atoms with van der Waals surface area (Å²) in [5, 5.41) is 3.36. The molecule has 6 heteroatoms. The lowest BCUT2D eigenvalue weighted by Gasteiger charge is -2.18. The van der Waals surface area contributed by atoms with Crippen molar-refractivity contribution in [2.45, 2.75) is 26.7 Å². The molecule has 1 amide bonds. The number of carbonyl (C=O) groups is 1. The third-order valence-electron chi connectivity index (χ3n) is 4.14. The van der Waals surface area contributed by atoms with E-state index in [0.29, 0.717) is 35.9 Å². The molecule has 0 atom stereocenters. The van der Waals surface area contributed by atoms with E-state index < -0.39 is 0 Å². The fraction of sp³-hybridized carbons (Fsp3) is 0.400. The zero-order valence-electron chi connectivity index (χ0n) is 15.4. The van der Waals surface area contributed by atoms with E-state index in [1.54, 1.807) is 30.6 Å². The molecule has 5 nitrogen and oxygen atoms in total. The molecule has 0 unspecified atom stereocenters. The van der Waals surface area contributed by atoms with Gasteiger partial charge < -0.3 is 15.0 Å². The minimum absolute atomic E-state index is 0.0554. The third kappa shape index (κ3) is 6.65. The molecule has 26 heavy (non-hydrogen) atoms. The van der Waals surface area contributed by atoms with Crippen molar-refractivity contribution < 1.29 is 9.53 Å². The molecule has 0 spiro atoms. The predicted molar refractivity (Wildman–Crippen MR) is 106 cm³/mol. The van der Waals surface area contributed by atoms with Crippen molar-refractivity contribution in [2.24, 2.45) is 0 Å². The Balaban J connectivity index is 1.81. The van der Waals surface area contributed by atoms with Gasteiger partial charge in [-0.3, -0.25) is 9.78 Å². The Labute approximate surface area is 160 Å². The van der Waals surface area contributed by atoms with Gasteiger partial charge in [0.25, 0.3) is 0 Å². The highest BCUT2D eigenvalue weighted by Gasteiger charge is 2.08. The molecule has 0 saturated heterocycles. The van der Waals surface area contributed by atoms with Gasteiger partial charge in [-0.1, -0.05) is 31.5 Å². The highest BCUT2D eigenvalue weighted by atomic mass is 35.5. The molecule has 0 fully saturated rings. The van der Waals surface area contributed by atoms with Crippen LogP contribution >= 0.6 is 11.6 Å². The number of halogens is 1. The van der Waals surface area contributed by atoms with E-state index in [1.807, 2.05) is 12.1 Å². The summed E-state index contributed by atoms with van der Waals surface area (Å²) >= 11 is 6.27. The van der Waals surface area contributed by atoms with Gasteiger partial charge in [-0.2, -0.15) is 0 Å². The van der Waals surface area contributed by atoms with Crippen molar-refractivity contribution in [1.82, 2.24) is 9.88 Å². The fourth-order valence-electron chi connectivity index (χ4n) is 2.55. The molecule has 0 aliphatic carbocycles. The molecule has 1 aromatic heterocycles. The van der Waals surface area contributed by atoms with Crippen LogP contribution in [0.3, 0.4) is 0 Å². The van der Waals surface area contributed by atoms with E-state index in [4.69, 9.17) is 16.3 Å². The number of hydrogen-bond donors (Lipinski definition) is 1. The molecule has 1 heterocycles. The summed E-state index contributed by atoms with van der Waals surface area (Å²) < 4.78 is 5.74. The van der Waals surface area contributed by atoms with Crippen LogP contribution in [0.25, 0.3) is 0 Å². The van der Waals surface area contributed by atoms with E-state index in [0.717, 1.165) is 25.2 Å². The van der Waals surface area contributed by atoms with Gasteiger partial charge in [0.2, 0.25) is 5.91 Å². The normalized spacial score (nSPS) is 10.8. The quantitative estimate of drug-likeness (QED) is 0.681. The van der Waals surface area contributed by atoms with Crippen molar-refractivity contribution >= 4 is 23.2 Å². The lowest BCUT2D eigenvalue weighted by atomic mass is 10.1. The number of pyridine rings is 1. The molecule has 0 saturated carbocycles. The number of rotatable bonds is 10. The van der Waals surface area contributed by atoms with Crippen LogP contribution in [0.5, 0.6) is 5.75 Å². The van der Waals surface area contributed by atoms with Gasteiger partial charge in [0.15, 0.2) is 0 Å². The van der Waals surface area contributed by atoms with Gasteiger partial charge in [0.1, 0.15) is 12.4 Å². The van der Waals surface area contributed by atoms with Gasteiger partial charge in [-0.15, -0.1) is 0 Å². The van der Waals surface area contributed by atoms with Crippen molar-refractivity contribution in [2.75, 3.05) is 31.6 Å². The van der Waals surface area contributed by atoms with E-state index in [-0.39, 0.29) is 5.91 Å². The molecule has 1 aromatic carbocycles. The average molecular weight is 376 g/mol. The maximum atomic E-state index is 12.1. The Bertz CT molecular complexity index is 691. The van der Waals surface area contributed by atoms with Crippen LogP contribution in [0.4, 0.5) is 5.69 Å². The van der Waals surface area contributed by atoms with Crippen LogP contribution in [0, 0.1) is 0 Å². The van der Waals surface area contributed by atoms with Gasteiger partial charge >= 0.3 is 0 Å². The van der Waals surface area contributed by atoms with E-state index in [1.165, 1.54) is 0 Å². The molecule has 1 N–H and O–H groups in total. The third-order valence-corrected chi connectivity index (χ3v) is 4.43. The summed E-state index contributed by atoms with van der Waals surface area (Å²) in [5.74, 6) is 0.576. The summed E-state index contributed by atoms with van der Waals surface area (Å²) in [6.45, 7) is 7.69. The number of carbonyl (C=O) groups excluding carboxylic acids is 1. The second kappa shape index (κ2) is 10.8. The lowest BCUT2D eigenvalue weighted by molar-refractivity contribution is -0.116. The monoisotopic (exact) mass is 375 g/mol. The summed E-state index contributed by atoms with van der Waals surface area (Å²) in [7, 11) is 0. The smallest absolute Gasteiger partial charge is 0.224 e. The van der Waals surface area contributed by atoms with E-state index in [2.05, 4.69) is 29.0 Å². The Morgan fingerprint density at radius 2 is 2.08 bits per heavy atom. The number of anilines is 1. The number of nitrogens with zero attached hydrogens (tertiary/aromatic N) is 2. The summed E-state index contributed by atoms with van der Waals surface area (Å²) in [6.07, 6.45) is 4.54. The molecule has 140 valence electrons. The first-order valence-corrected chi connectivity index (χ1v) is 9.33. The highest BCUT2D eigenvalue weighted by molar-refractivity contribution is 6.32. The second-order valence-corrected chi connectivity index (χ2v) is 6.34. The molecule has 0 aliphatic rings. The van der Waals surface area contributed by atoms with Gasteiger partial charge in [0.05, 0.1) is 5.02 Å². The molecule has 0 bridgehead atoms. The van der Waals surface area contributed by atoms with Crippen LogP contribution in [-0.2, 0) is 11.2 Å². The highest BCUT2D eigenvalue weighted by Crippen LogP contribution is 2.27. The lowest BCUT2D eigenvalue weighted by Crippen LogP contribution is -2.27. The molecule has 2 aromatic rings. The first-order valence-electron chi connectivity index (χ1n) is 8.95. The maximum absolute atomic E-state index is 12.1. The van der Waals surface area contributed by atoms with Crippen LogP contribution < -0.4 is 10.1 Å². The van der Waals surface area contributed by atoms with Gasteiger partial charge in [-0.25, -0.2) is 0 Å². The molecular weight excluding hydrogens is 350 g/mol. The number of aryl methyl sites for hydroxylation is 1. The number of nitrogens with one attached hydrogen (secondary N) is 1. The summed E-state index contributed by atoms with van der Waals surface area (Å²) in [5.41, 5.74) is 1.71. The largest absolute Gasteiger partial charge is 0.491 e. The Morgan fingerprint density at radius 1 is 1.27 bits per heavy atom. The average Bonchev–Trinajstić information content (AvgIpc) is 2.66. The Hall–Kier alpha value is -2.11.